The maximum absolute atomic E-state index is 11.4. The van der Waals surface area contributed by atoms with E-state index in [1.165, 1.54) is 14.2 Å². The van der Waals surface area contributed by atoms with Gasteiger partial charge in [0.1, 0.15) is 0 Å². The van der Waals surface area contributed by atoms with Gasteiger partial charge < -0.3 is 9.47 Å². The molecule has 0 fully saturated rings. The van der Waals surface area contributed by atoms with E-state index in [9.17, 15) is 9.59 Å². The number of hydrogen-bond acceptors (Lipinski definition) is 6. The van der Waals surface area contributed by atoms with E-state index in [0.29, 0.717) is 0 Å². The summed E-state index contributed by atoms with van der Waals surface area (Å²) in [5.74, 6) is -0.536. The van der Waals surface area contributed by atoms with Crippen LogP contribution >= 0.6 is 22.7 Å². The van der Waals surface area contributed by atoms with Gasteiger partial charge in [-0.25, -0.2) is 0 Å². The van der Waals surface area contributed by atoms with Crippen LogP contribution in [0.25, 0.3) is 9.75 Å². The van der Waals surface area contributed by atoms with Crippen LogP contribution in [0.3, 0.4) is 0 Å². The summed E-state index contributed by atoms with van der Waals surface area (Å²) in [6.45, 7) is 0. The average molecular weight is 310 g/mol. The third kappa shape index (κ3) is 3.26. The lowest BCUT2D eigenvalue weighted by atomic mass is 10.1. The monoisotopic (exact) mass is 310 g/mol. The van der Waals surface area contributed by atoms with Crippen molar-refractivity contribution in [2.24, 2.45) is 0 Å². The molecule has 106 valence electrons. The van der Waals surface area contributed by atoms with Crippen molar-refractivity contribution in [3.05, 3.63) is 34.0 Å². The Kier molecular flexibility index (Phi) is 4.92. The van der Waals surface area contributed by atoms with E-state index in [2.05, 4.69) is 0 Å². The smallest absolute Gasteiger partial charge is 0.310 e. The van der Waals surface area contributed by atoms with Gasteiger partial charge in [0.15, 0.2) is 0 Å². The predicted molar refractivity (Wildman–Crippen MR) is 79.1 cm³/mol. The zero-order valence-corrected chi connectivity index (χ0v) is 12.8. The molecule has 0 spiro atoms. The Morgan fingerprint density at radius 3 is 1.65 bits per heavy atom. The summed E-state index contributed by atoms with van der Waals surface area (Å²) < 4.78 is 9.41. The van der Waals surface area contributed by atoms with Crippen LogP contribution in [0.15, 0.2) is 22.9 Å². The van der Waals surface area contributed by atoms with Crippen LogP contribution in [0, 0.1) is 0 Å². The quantitative estimate of drug-likeness (QED) is 0.797. The summed E-state index contributed by atoms with van der Waals surface area (Å²) in [6.07, 6.45) is 0.482. The van der Waals surface area contributed by atoms with Crippen molar-refractivity contribution in [3.63, 3.8) is 0 Å². The molecule has 2 aromatic rings. The number of thiophene rings is 2. The molecule has 4 nitrogen and oxygen atoms in total. The van der Waals surface area contributed by atoms with Crippen LogP contribution in [-0.4, -0.2) is 26.2 Å². The number of esters is 2. The molecule has 2 rings (SSSR count). The van der Waals surface area contributed by atoms with Gasteiger partial charge in [0.25, 0.3) is 0 Å². The Labute approximate surface area is 125 Å². The summed E-state index contributed by atoms with van der Waals surface area (Å²) in [5.41, 5.74) is 1.85. The highest BCUT2D eigenvalue weighted by molar-refractivity contribution is 7.20. The van der Waals surface area contributed by atoms with Gasteiger partial charge in [-0.1, -0.05) is 0 Å². The minimum absolute atomic E-state index is 0.241. The molecule has 0 aliphatic heterocycles. The Balaban J connectivity index is 2.28. The fraction of sp³-hybridized carbons (Fsp3) is 0.286. The lowest BCUT2D eigenvalue weighted by molar-refractivity contribution is -0.140. The van der Waals surface area contributed by atoms with Crippen molar-refractivity contribution in [3.8, 4) is 9.75 Å². The van der Waals surface area contributed by atoms with Gasteiger partial charge in [0.2, 0.25) is 0 Å². The fourth-order valence-electron chi connectivity index (χ4n) is 1.80. The van der Waals surface area contributed by atoms with Gasteiger partial charge in [-0.3, -0.25) is 9.59 Å². The molecule has 20 heavy (non-hydrogen) atoms. The van der Waals surface area contributed by atoms with Gasteiger partial charge in [-0.2, -0.15) is 0 Å². The Morgan fingerprint density at radius 2 is 1.30 bits per heavy atom. The topological polar surface area (TPSA) is 52.6 Å². The number of methoxy groups -OCH3 is 2. The Morgan fingerprint density at radius 1 is 0.900 bits per heavy atom. The summed E-state index contributed by atoms with van der Waals surface area (Å²) in [6, 6.07) is 3.83. The molecule has 2 aromatic heterocycles. The van der Waals surface area contributed by atoms with Crippen molar-refractivity contribution in [2.45, 2.75) is 12.8 Å². The largest absolute Gasteiger partial charge is 0.469 e. The zero-order chi connectivity index (χ0) is 14.5. The molecule has 0 saturated carbocycles. The van der Waals surface area contributed by atoms with Gasteiger partial charge in [-0.15, -0.1) is 22.7 Å². The molecule has 0 aliphatic carbocycles. The number of rotatable bonds is 5. The van der Waals surface area contributed by atoms with Crippen LogP contribution < -0.4 is 0 Å². The van der Waals surface area contributed by atoms with Gasteiger partial charge >= 0.3 is 11.9 Å². The van der Waals surface area contributed by atoms with Crippen molar-refractivity contribution >= 4 is 34.6 Å². The van der Waals surface area contributed by atoms with Gasteiger partial charge in [0, 0.05) is 9.75 Å². The number of carbonyl (C=O) groups is 2. The van der Waals surface area contributed by atoms with Crippen LogP contribution in [-0.2, 0) is 31.9 Å². The van der Waals surface area contributed by atoms with E-state index >= 15 is 0 Å². The second-order valence-electron chi connectivity index (χ2n) is 4.06. The van der Waals surface area contributed by atoms with E-state index in [1.54, 1.807) is 22.7 Å². The minimum Gasteiger partial charge on any atom is -0.469 e. The minimum atomic E-state index is -0.268. The molecule has 0 radical (unpaired) electrons. The van der Waals surface area contributed by atoms with Crippen molar-refractivity contribution in [1.29, 1.82) is 0 Å². The SMILES string of the molecule is COC(=O)Cc1ccsc1-c1sccc1CC(=O)OC. The first-order valence-corrected chi connectivity index (χ1v) is 7.68. The molecule has 0 saturated heterocycles. The third-order valence-electron chi connectivity index (χ3n) is 2.82. The molecule has 2 heterocycles. The summed E-state index contributed by atoms with van der Waals surface area (Å²) in [4.78, 5) is 24.9. The molecule has 0 unspecified atom stereocenters. The lowest BCUT2D eigenvalue weighted by Gasteiger charge is -2.04. The number of carbonyl (C=O) groups excluding carboxylic acids is 2. The standard InChI is InChI=1S/C14H14O4S2/c1-17-11(15)7-9-3-5-19-13(9)14-10(4-6-20-14)8-12(16)18-2/h3-6H,7-8H2,1-2H3. The Hall–Kier alpha value is -1.66. The Bertz CT molecular complexity index is 558. The highest BCUT2D eigenvalue weighted by Crippen LogP contribution is 2.37. The van der Waals surface area contributed by atoms with Crippen LogP contribution in [0.4, 0.5) is 0 Å². The van der Waals surface area contributed by atoms with E-state index in [0.717, 1.165) is 20.9 Å². The molecule has 6 heteroatoms. The average Bonchev–Trinajstić information content (AvgIpc) is 3.07. The lowest BCUT2D eigenvalue weighted by Crippen LogP contribution is -2.05. The fourth-order valence-corrected chi connectivity index (χ4v) is 3.89. The molecule has 0 aliphatic rings. The maximum Gasteiger partial charge on any atom is 0.310 e. The van der Waals surface area contributed by atoms with Crippen LogP contribution in [0.2, 0.25) is 0 Å². The van der Waals surface area contributed by atoms with Crippen molar-refractivity contribution < 1.29 is 19.1 Å². The molecule has 0 atom stereocenters. The predicted octanol–water partition coefficient (Wildman–Crippen LogP) is 2.91. The van der Waals surface area contributed by atoms with Crippen LogP contribution in [0.5, 0.6) is 0 Å². The first-order chi connectivity index (χ1) is 9.65. The van der Waals surface area contributed by atoms with Crippen LogP contribution in [0.1, 0.15) is 11.1 Å². The molecule has 0 amide bonds. The van der Waals surface area contributed by atoms with Gasteiger partial charge in [-0.05, 0) is 34.0 Å². The van der Waals surface area contributed by atoms with Gasteiger partial charge in [0.05, 0.1) is 27.1 Å². The molecule has 0 N–H and O–H groups in total. The first-order valence-electron chi connectivity index (χ1n) is 5.92. The second kappa shape index (κ2) is 6.67. The van der Waals surface area contributed by atoms with E-state index < -0.39 is 0 Å². The van der Waals surface area contributed by atoms with E-state index in [1.807, 2.05) is 22.9 Å². The number of ether oxygens (including phenoxy) is 2. The van der Waals surface area contributed by atoms with Crippen molar-refractivity contribution in [1.82, 2.24) is 0 Å². The summed E-state index contributed by atoms with van der Waals surface area (Å²) in [5, 5.41) is 3.88. The molecular formula is C14H14O4S2. The molecule has 0 aromatic carbocycles. The molecular weight excluding hydrogens is 296 g/mol. The highest BCUT2D eigenvalue weighted by atomic mass is 32.1. The first kappa shape index (κ1) is 14.7. The molecule has 0 bridgehead atoms. The normalized spacial score (nSPS) is 10.3. The zero-order valence-electron chi connectivity index (χ0n) is 11.2. The summed E-state index contributed by atoms with van der Waals surface area (Å²) >= 11 is 3.12. The van der Waals surface area contributed by atoms with E-state index in [4.69, 9.17) is 9.47 Å². The maximum atomic E-state index is 11.4. The second-order valence-corrected chi connectivity index (χ2v) is 5.89. The van der Waals surface area contributed by atoms with Crippen molar-refractivity contribution in [2.75, 3.05) is 14.2 Å². The number of hydrogen-bond donors (Lipinski definition) is 0. The van der Waals surface area contributed by atoms with E-state index in [-0.39, 0.29) is 24.8 Å². The third-order valence-corrected chi connectivity index (χ3v) is 4.90. The highest BCUT2D eigenvalue weighted by Gasteiger charge is 2.17. The summed E-state index contributed by atoms with van der Waals surface area (Å²) in [7, 11) is 2.75.